The summed E-state index contributed by atoms with van der Waals surface area (Å²) in [5, 5.41) is 3.09. The fourth-order valence-electron chi connectivity index (χ4n) is 2.82. The first-order chi connectivity index (χ1) is 9.05. The number of likely N-dealkylation sites (N-methyl/N-ethyl adjacent to an activating group) is 1. The number of unbranched alkanes of at least 4 members (excludes halogenated alkanes) is 1. The maximum Gasteiger partial charge on any atom is 0.325 e. The van der Waals surface area contributed by atoms with Gasteiger partial charge in [0.15, 0.2) is 0 Å². The molecule has 1 aliphatic rings. The van der Waals surface area contributed by atoms with E-state index in [-0.39, 0.29) is 5.97 Å². The van der Waals surface area contributed by atoms with Crippen molar-refractivity contribution in [1.29, 1.82) is 0 Å². The average molecular weight is 270 g/mol. The molecule has 0 spiro atoms. The highest BCUT2D eigenvalue weighted by molar-refractivity contribution is 5.80. The molecule has 4 heteroatoms. The lowest BCUT2D eigenvalue weighted by Gasteiger charge is -2.26. The second-order valence-electron chi connectivity index (χ2n) is 5.89. The number of likely N-dealkylation sites (tertiary alicyclic amines) is 1. The SMILES string of the molecule is CCC1CCN(CCCCC(C)(NC)C(=O)OC)C1. The van der Waals surface area contributed by atoms with Gasteiger partial charge in [0.05, 0.1) is 7.11 Å². The minimum Gasteiger partial charge on any atom is -0.468 e. The van der Waals surface area contributed by atoms with E-state index in [9.17, 15) is 4.79 Å². The summed E-state index contributed by atoms with van der Waals surface area (Å²) < 4.78 is 4.85. The summed E-state index contributed by atoms with van der Waals surface area (Å²) in [5.41, 5.74) is -0.536. The summed E-state index contributed by atoms with van der Waals surface area (Å²) in [6.07, 6.45) is 5.70. The van der Waals surface area contributed by atoms with Gasteiger partial charge in [-0.2, -0.15) is 0 Å². The van der Waals surface area contributed by atoms with Crippen molar-refractivity contribution in [3.05, 3.63) is 0 Å². The van der Waals surface area contributed by atoms with Crippen LogP contribution in [0.3, 0.4) is 0 Å². The third-order valence-electron chi connectivity index (χ3n) is 4.54. The molecule has 2 unspecified atom stereocenters. The van der Waals surface area contributed by atoms with Crippen LogP contribution in [0.5, 0.6) is 0 Å². The lowest BCUT2D eigenvalue weighted by molar-refractivity contribution is -0.148. The van der Waals surface area contributed by atoms with Crippen molar-refractivity contribution >= 4 is 5.97 Å². The number of esters is 1. The van der Waals surface area contributed by atoms with E-state index < -0.39 is 5.54 Å². The van der Waals surface area contributed by atoms with Crippen LogP contribution in [0.15, 0.2) is 0 Å². The highest BCUT2D eigenvalue weighted by Gasteiger charge is 2.31. The molecular formula is C15H30N2O2. The van der Waals surface area contributed by atoms with Crippen molar-refractivity contribution in [3.63, 3.8) is 0 Å². The van der Waals surface area contributed by atoms with Gasteiger partial charge in [-0.15, -0.1) is 0 Å². The van der Waals surface area contributed by atoms with Crippen molar-refractivity contribution in [2.24, 2.45) is 5.92 Å². The predicted molar refractivity (Wildman–Crippen MR) is 78.2 cm³/mol. The number of ether oxygens (including phenoxy) is 1. The first-order valence-corrected chi connectivity index (χ1v) is 7.55. The van der Waals surface area contributed by atoms with E-state index >= 15 is 0 Å². The first-order valence-electron chi connectivity index (χ1n) is 7.55. The zero-order chi connectivity index (χ0) is 14.3. The van der Waals surface area contributed by atoms with Crippen molar-refractivity contribution in [2.75, 3.05) is 33.8 Å². The Kier molecular flexibility index (Phi) is 6.80. The molecule has 0 amide bonds. The zero-order valence-corrected chi connectivity index (χ0v) is 13.0. The van der Waals surface area contributed by atoms with E-state index in [1.165, 1.54) is 33.0 Å². The third-order valence-corrected chi connectivity index (χ3v) is 4.54. The van der Waals surface area contributed by atoms with E-state index in [1.54, 1.807) is 0 Å². The summed E-state index contributed by atoms with van der Waals surface area (Å²) in [5.74, 6) is 0.736. The molecule has 19 heavy (non-hydrogen) atoms. The molecule has 1 heterocycles. The number of carbonyl (C=O) groups excluding carboxylic acids is 1. The Labute approximate surface area is 117 Å². The molecule has 112 valence electrons. The number of nitrogens with zero attached hydrogens (tertiary/aromatic N) is 1. The fraction of sp³-hybridized carbons (Fsp3) is 0.933. The van der Waals surface area contributed by atoms with Crippen molar-refractivity contribution in [1.82, 2.24) is 10.2 Å². The van der Waals surface area contributed by atoms with Gasteiger partial charge in [0.25, 0.3) is 0 Å². The van der Waals surface area contributed by atoms with Gasteiger partial charge in [-0.05, 0) is 58.7 Å². The van der Waals surface area contributed by atoms with E-state index in [0.29, 0.717) is 0 Å². The molecule has 0 aromatic carbocycles. The normalized spacial score (nSPS) is 23.3. The lowest BCUT2D eigenvalue weighted by Crippen LogP contribution is -2.48. The Hall–Kier alpha value is -0.610. The summed E-state index contributed by atoms with van der Waals surface area (Å²) in [4.78, 5) is 14.3. The zero-order valence-electron chi connectivity index (χ0n) is 13.0. The van der Waals surface area contributed by atoms with E-state index in [2.05, 4.69) is 17.1 Å². The van der Waals surface area contributed by atoms with Gasteiger partial charge in [-0.3, -0.25) is 4.79 Å². The van der Waals surface area contributed by atoms with Crippen LogP contribution in [0.1, 0.15) is 46.0 Å². The molecule has 0 aliphatic carbocycles. The Balaban J connectivity index is 2.21. The molecule has 1 rings (SSSR count). The molecule has 1 fully saturated rings. The van der Waals surface area contributed by atoms with Gasteiger partial charge in [-0.25, -0.2) is 0 Å². The number of hydrogen-bond acceptors (Lipinski definition) is 4. The van der Waals surface area contributed by atoms with Gasteiger partial charge in [0.2, 0.25) is 0 Å². The molecule has 0 radical (unpaired) electrons. The molecule has 0 aromatic heterocycles. The Morgan fingerprint density at radius 2 is 2.21 bits per heavy atom. The third kappa shape index (κ3) is 4.77. The second kappa shape index (κ2) is 7.85. The van der Waals surface area contributed by atoms with Crippen molar-refractivity contribution < 1.29 is 9.53 Å². The van der Waals surface area contributed by atoms with Crippen molar-refractivity contribution in [2.45, 2.75) is 51.5 Å². The molecule has 0 saturated carbocycles. The summed E-state index contributed by atoms with van der Waals surface area (Å²) in [6, 6.07) is 0. The minimum absolute atomic E-state index is 0.165. The van der Waals surface area contributed by atoms with Crippen LogP contribution in [-0.2, 0) is 9.53 Å². The van der Waals surface area contributed by atoms with Gasteiger partial charge in [-0.1, -0.05) is 13.3 Å². The number of carbonyl (C=O) groups is 1. The number of rotatable bonds is 8. The van der Waals surface area contributed by atoms with Crippen LogP contribution in [-0.4, -0.2) is 50.2 Å². The first kappa shape index (κ1) is 16.4. The van der Waals surface area contributed by atoms with Crippen LogP contribution >= 0.6 is 0 Å². The molecule has 2 atom stereocenters. The standard InChI is InChI=1S/C15H30N2O2/c1-5-13-8-11-17(12-13)10-7-6-9-15(2,16-3)14(18)19-4/h13,16H,5-12H2,1-4H3. The molecule has 1 saturated heterocycles. The maximum absolute atomic E-state index is 11.7. The van der Waals surface area contributed by atoms with Gasteiger partial charge < -0.3 is 15.0 Å². The number of methoxy groups -OCH3 is 1. The number of nitrogens with one attached hydrogen (secondary N) is 1. The molecule has 1 aliphatic heterocycles. The average Bonchev–Trinajstić information content (AvgIpc) is 2.90. The predicted octanol–water partition coefficient (Wildman–Crippen LogP) is 2.04. The smallest absolute Gasteiger partial charge is 0.325 e. The lowest BCUT2D eigenvalue weighted by atomic mass is 9.95. The molecule has 0 bridgehead atoms. The minimum atomic E-state index is -0.536. The van der Waals surface area contributed by atoms with Crippen LogP contribution in [0.2, 0.25) is 0 Å². The summed E-state index contributed by atoms with van der Waals surface area (Å²) in [6.45, 7) is 7.87. The fourth-order valence-corrected chi connectivity index (χ4v) is 2.82. The number of hydrogen-bond donors (Lipinski definition) is 1. The second-order valence-corrected chi connectivity index (χ2v) is 5.89. The van der Waals surface area contributed by atoms with Crippen LogP contribution in [0, 0.1) is 5.92 Å². The molecule has 1 N–H and O–H groups in total. The Morgan fingerprint density at radius 3 is 2.74 bits per heavy atom. The largest absolute Gasteiger partial charge is 0.468 e. The maximum atomic E-state index is 11.7. The van der Waals surface area contributed by atoms with Crippen molar-refractivity contribution in [3.8, 4) is 0 Å². The Bertz CT molecular complexity index is 283. The van der Waals surface area contributed by atoms with Crippen LogP contribution in [0.4, 0.5) is 0 Å². The summed E-state index contributed by atoms with van der Waals surface area (Å²) >= 11 is 0. The summed E-state index contributed by atoms with van der Waals surface area (Å²) in [7, 11) is 3.27. The Morgan fingerprint density at radius 1 is 1.47 bits per heavy atom. The quantitative estimate of drug-likeness (QED) is 0.541. The van der Waals surface area contributed by atoms with Crippen LogP contribution < -0.4 is 5.32 Å². The topological polar surface area (TPSA) is 41.6 Å². The molecule has 0 aromatic rings. The molecular weight excluding hydrogens is 240 g/mol. The van der Waals surface area contributed by atoms with Gasteiger partial charge >= 0.3 is 5.97 Å². The van der Waals surface area contributed by atoms with Gasteiger partial charge in [0, 0.05) is 6.54 Å². The van der Waals surface area contributed by atoms with E-state index in [0.717, 1.165) is 31.7 Å². The highest BCUT2D eigenvalue weighted by Crippen LogP contribution is 2.20. The van der Waals surface area contributed by atoms with Gasteiger partial charge in [0.1, 0.15) is 5.54 Å². The highest BCUT2D eigenvalue weighted by atomic mass is 16.5. The van der Waals surface area contributed by atoms with E-state index in [1.807, 2.05) is 14.0 Å². The van der Waals surface area contributed by atoms with E-state index in [4.69, 9.17) is 4.74 Å². The molecule has 4 nitrogen and oxygen atoms in total. The van der Waals surface area contributed by atoms with Crippen LogP contribution in [0.25, 0.3) is 0 Å². The monoisotopic (exact) mass is 270 g/mol.